The summed E-state index contributed by atoms with van der Waals surface area (Å²) in [6, 6.07) is 0. The van der Waals surface area contributed by atoms with Crippen LogP contribution in [0.3, 0.4) is 0 Å². The third-order valence-corrected chi connectivity index (χ3v) is 1.92. The molecule has 0 aliphatic carbocycles. The van der Waals surface area contributed by atoms with Crippen molar-refractivity contribution in [2.75, 3.05) is 0 Å². The van der Waals surface area contributed by atoms with Gasteiger partial charge in [0.1, 0.15) is 0 Å². The van der Waals surface area contributed by atoms with Gasteiger partial charge in [0.25, 0.3) is 0 Å². The summed E-state index contributed by atoms with van der Waals surface area (Å²) in [4.78, 5) is 0. The van der Waals surface area contributed by atoms with E-state index >= 15 is 0 Å². The molecule has 0 aromatic carbocycles. The van der Waals surface area contributed by atoms with Gasteiger partial charge in [-0.05, 0) is 45.4 Å². The molecule has 1 radical (unpaired) electrons. The summed E-state index contributed by atoms with van der Waals surface area (Å²) in [5.41, 5.74) is 0. The van der Waals surface area contributed by atoms with E-state index < -0.39 is 0 Å². The molecule has 0 atom stereocenters. The van der Waals surface area contributed by atoms with Gasteiger partial charge in [0.15, 0.2) is 0 Å². The van der Waals surface area contributed by atoms with Crippen molar-refractivity contribution in [3.8, 4) is 0 Å². The maximum absolute atomic E-state index is 3.75. The summed E-state index contributed by atoms with van der Waals surface area (Å²) in [5, 5.41) is 0. The van der Waals surface area contributed by atoms with E-state index in [1.807, 2.05) is 0 Å². The van der Waals surface area contributed by atoms with E-state index in [2.05, 4.69) is 50.3 Å². The molecule has 14 heavy (non-hydrogen) atoms. The minimum Gasteiger partial charge on any atom is -0.0885 e. The highest BCUT2D eigenvalue weighted by Crippen LogP contribution is 1.99. The monoisotopic (exact) mass is 191 g/mol. The maximum atomic E-state index is 3.75. The van der Waals surface area contributed by atoms with Crippen molar-refractivity contribution in [2.24, 2.45) is 0 Å². The normalized spacial score (nSPS) is 12.4. The average Bonchev–Trinajstić information content (AvgIpc) is 2.21. The quantitative estimate of drug-likeness (QED) is 0.380. The van der Waals surface area contributed by atoms with Gasteiger partial charge >= 0.3 is 0 Å². The first-order valence-corrected chi connectivity index (χ1v) is 5.66. The van der Waals surface area contributed by atoms with E-state index in [9.17, 15) is 0 Å². The molecule has 0 N–H and O–H groups in total. The topological polar surface area (TPSA) is 0 Å². The Morgan fingerprint density at radius 2 is 1.50 bits per heavy atom. The Labute approximate surface area is 89.4 Å². The van der Waals surface area contributed by atoms with Crippen LogP contribution in [-0.4, -0.2) is 0 Å². The zero-order valence-electron chi connectivity index (χ0n) is 9.41. The van der Waals surface area contributed by atoms with Crippen LogP contribution < -0.4 is 0 Å². The number of hydrogen-bond acceptors (Lipinski definition) is 0. The Hall–Kier alpha value is -0.780. The Bertz CT molecular complexity index is 172. The Morgan fingerprint density at radius 1 is 0.857 bits per heavy atom. The molecular weight excluding hydrogens is 168 g/mol. The van der Waals surface area contributed by atoms with E-state index in [0.717, 1.165) is 19.3 Å². The van der Waals surface area contributed by atoms with Crippen LogP contribution in [0.4, 0.5) is 0 Å². The van der Waals surface area contributed by atoms with Gasteiger partial charge in [-0.15, -0.1) is 0 Å². The molecule has 0 saturated carbocycles. The van der Waals surface area contributed by atoms with Gasteiger partial charge in [-0.25, -0.2) is 0 Å². The van der Waals surface area contributed by atoms with E-state index in [1.165, 1.54) is 19.3 Å². The first-order chi connectivity index (χ1) is 6.91. The van der Waals surface area contributed by atoms with Crippen molar-refractivity contribution in [2.45, 2.75) is 45.4 Å². The van der Waals surface area contributed by atoms with Crippen LogP contribution in [0.2, 0.25) is 0 Å². The highest BCUT2D eigenvalue weighted by molar-refractivity contribution is 4.92. The Balaban J connectivity index is 3.18. The predicted molar refractivity (Wildman–Crippen MR) is 66.2 cm³/mol. The lowest BCUT2D eigenvalue weighted by Gasteiger charge is -1.89. The van der Waals surface area contributed by atoms with E-state index in [1.54, 1.807) is 0 Å². The third-order valence-electron chi connectivity index (χ3n) is 1.92. The number of unbranched alkanes of at least 4 members (excludes halogenated alkanes) is 2. The lowest BCUT2D eigenvalue weighted by molar-refractivity contribution is 0.864. The van der Waals surface area contributed by atoms with Gasteiger partial charge in [0.05, 0.1) is 0 Å². The molecule has 0 spiro atoms. The van der Waals surface area contributed by atoms with Gasteiger partial charge in [0, 0.05) is 0 Å². The standard InChI is InChI=1S/C14H23/c1-3-5-7-9-11-13-14-12-10-8-6-4-2/h5-8,12,14H,1,3-4,9-11,13H2,2H3/b7-5-,8-6-,14-12-. The largest absolute Gasteiger partial charge is 0.0885 e. The van der Waals surface area contributed by atoms with Crippen LogP contribution in [0.15, 0.2) is 36.5 Å². The molecule has 0 aromatic rings. The molecule has 0 unspecified atom stereocenters. The van der Waals surface area contributed by atoms with Crippen LogP contribution in [0.1, 0.15) is 45.4 Å². The van der Waals surface area contributed by atoms with Crippen LogP contribution in [-0.2, 0) is 0 Å². The predicted octanol–water partition coefficient (Wildman–Crippen LogP) is 4.85. The van der Waals surface area contributed by atoms with Crippen molar-refractivity contribution in [3.05, 3.63) is 43.4 Å². The summed E-state index contributed by atoms with van der Waals surface area (Å²) in [6.07, 6.45) is 20.1. The van der Waals surface area contributed by atoms with Crippen molar-refractivity contribution in [1.82, 2.24) is 0 Å². The first kappa shape index (κ1) is 13.2. The van der Waals surface area contributed by atoms with Gasteiger partial charge < -0.3 is 0 Å². The summed E-state index contributed by atoms with van der Waals surface area (Å²) in [6.45, 7) is 5.91. The Morgan fingerprint density at radius 3 is 2.14 bits per heavy atom. The summed E-state index contributed by atoms with van der Waals surface area (Å²) < 4.78 is 0. The smallest absolute Gasteiger partial charge is 0.0169 e. The van der Waals surface area contributed by atoms with E-state index in [0.29, 0.717) is 0 Å². The SMILES string of the molecule is [CH2]C/C=C\CCC/C=C\C/C=C\CC. The van der Waals surface area contributed by atoms with Gasteiger partial charge in [0.2, 0.25) is 0 Å². The molecular formula is C14H23. The third kappa shape index (κ3) is 11.2. The molecule has 0 fully saturated rings. The van der Waals surface area contributed by atoms with Crippen molar-refractivity contribution in [1.29, 1.82) is 0 Å². The minimum atomic E-state index is 0.914. The average molecular weight is 191 g/mol. The second-order valence-corrected chi connectivity index (χ2v) is 3.28. The molecule has 0 aromatic heterocycles. The van der Waals surface area contributed by atoms with Crippen molar-refractivity contribution in [3.63, 3.8) is 0 Å². The highest BCUT2D eigenvalue weighted by atomic mass is 13.9. The molecule has 0 saturated heterocycles. The fourth-order valence-electron chi connectivity index (χ4n) is 1.14. The molecule has 0 heterocycles. The second-order valence-electron chi connectivity index (χ2n) is 3.28. The zero-order valence-corrected chi connectivity index (χ0v) is 9.41. The van der Waals surface area contributed by atoms with Gasteiger partial charge in [-0.3, -0.25) is 0 Å². The van der Waals surface area contributed by atoms with E-state index in [-0.39, 0.29) is 0 Å². The summed E-state index contributed by atoms with van der Waals surface area (Å²) >= 11 is 0. The number of rotatable bonds is 8. The molecule has 0 heteroatoms. The molecule has 0 aliphatic rings. The van der Waals surface area contributed by atoms with E-state index in [4.69, 9.17) is 0 Å². The number of allylic oxidation sites excluding steroid dienone is 6. The maximum Gasteiger partial charge on any atom is -0.0169 e. The second kappa shape index (κ2) is 12.2. The minimum absolute atomic E-state index is 0.914. The molecule has 0 rings (SSSR count). The highest BCUT2D eigenvalue weighted by Gasteiger charge is 1.79. The zero-order chi connectivity index (χ0) is 10.5. The van der Waals surface area contributed by atoms with Crippen molar-refractivity contribution < 1.29 is 0 Å². The van der Waals surface area contributed by atoms with Gasteiger partial charge in [-0.2, -0.15) is 0 Å². The molecule has 79 valence electrons. The molecule has 0 aliphatic heterocycles. The van der Waals surface area contributed by atoms with Crippen LogP contribution >= 0.6 is 0 Å². The molecule has 0 bridgehead atoms. The summed E-state index contributed by atoms with van der Waals surface area (Å²) in [7, 11) is 0. The lowest BCUT2D eigenvalue weighted by Crippen LogP contribution is -1.69. The van der Waals surface area contributed by atoms with Gasteiger partial charge in [-0.1, -0.05) is 43.4 Å². The summed E-state index contributed by atoms with van der Waals surface area (Å²) in [5.74, 6) is 0. The molecule has 0 amide bonds. The first-order valence-electron chi connectivity index (χ1n) is 5.66. The van der Waals surface area contributed by atoms with Crippen molar-refractivity contribution >= 4 is 0 Å². The lowest BCUT2D eigenvalue weighted by atomic mass is 10.2. The molecule has 0 nitrogen and oxygen atoms in total. The fraction of sp³-hybridized carbons (Fsp3) is 0.500. The Kier molecular flexibility index (Phi) is 11.5. The van der Waals surface area contributed by atoms with Crippen LogP contribution in [0.5, 0.6) is 0 Å². The number of hydrogen-bond donors (Lipinski definition) is 0. The van der Waals surface area contributed by atoms with Crippen LogP contribution in [0.25, 0.3) is 0 Å². The fourth-order valence-corrected chi connectivity index (χ4v) is 1.14. The van der Waals surface area contributed by atoms with Crippen LogP contribution in [0, 0.1) is 6.92 Å².